The van der Waals surface area contributed by atoms with Gasteiger partial charge in [-0.2, -0.15) is 0 Å². The molecule has 1 aliphatic carbocycles. The first-order valence-electron chi connectivity index (χ1n) is 6.65. The van der Waals surface area contributed by atoms with Crippen LogP contribution in [0.3, 0.4) is 0 Å². The SMILES string of the molecule is Cc1cc(C(C)NC2CCCC2CN)c(C)s1. The van der Waals surface area contributed by atoms with Crippen LogP contribution in [-0.4, -0.2) is 12.6 Å². The van der Waals surface area contributed by atoms with Crippen molar-refractivity contribution in [3.63, 3.8) is 0 Å². The summed E-state index contributed by atoms with van der Waals surface area (Å²) < 4.78 is 0. The molecule has 1 heterocycles. The molecule has 1 aliphatic rings. The number of aryl methyl sites for hydroxylation is 2. The minimum absolute atomic E-state index is 0.456. The Kier molecular flexibility index (Phi) is 4.23. The summed E-state index contributed by atoms with van der Waals surface area (Å²) in [6.45, 7) is 7.51. The van der Waals surface area contributed by atoms with Crippen LogP contribution < -0.4 is 11.1 Å². The van der Waals surface area contributed by atoms with E-state index in [1.165, 1.54) is 34.6 Å². The minimum Gasteiger partial charge on any atom is -0.330 e. The van der Waals surface area contributed by atoms with Crippen LogP contribution in [0.1, 0.15) is 47.5 Å². The van der Waals surface area contributed by atoms with Gasteiger partial charge in [0.1, 0.15) is 0 Å². The zero-order chi connectivity index (χ0) is 12.4. The lowest BCUT2D eigenvalue weighted by molar-refractivity contribution is 0.373. The van der Waals surface area contributed by atoms with Gasteiger partial charge >= 0.3 is 0 Å². The standard InChI is InChI=1S/C14H24N2S/c1-9-7-13(11(3)17-9)10(2)16-14-6-4-5-12(14)8-15/h7,10,12,14,16H,4-6,8,15H2,1-3H3. The van der Waals surface area contributed by atoms with E-state index in [4.69, 9.17) is 5.73 Å². The molecule has 0 aromatic carbocycles. The van der Waals surface area contributed by atoms with Crippen molar-refractivity contribution in [2.75, 3.05) is 6.54 Å². The highest BCUT2D eigenvalue weighted by atomic mass is 32.1. The molecule has 3 atom stereocenters. The number of hydrogen-bond acceptors (Lipinski definition) is 3. The van der Waals surface area contributed by atoms with Crippen LogP contribution in [0.4, 0.5) is 0 Å². The Bertz CT molecular complexity index is 372. The number of thiophene rings is 1. The van der Waals surface area contributed by atoms with Crippen molar-refractivity contribution in [2.24, 2.45) is 11.7 Å². The molecule has 2 rings (SSSR count). The van der Waals surface area contributed by atoms with Crippen molar-refractivity contribution < 1.29 is 0 Å². The molecule has 17 heavy (non-hydrogen) atoms. The second kappa shape index (κ2) is 5.51. The molecule has 1 aromatic rings. The molecular formula is C14H24N2S. The third kappa shape index (κ3) is 2.90. The molecule has 0 bridgehead atoms. The van der Waals surface area contributed by atoms with Gasteiger partial charge in [-0.05, 0) is 57.7 Å². The molecule has 96 valence electrons. The quantitative estimate of drug-likeness (QED) is 0.864. The molecule has 0 amide bonds. The largest absolute Gasteiger partial charge is 0.330 e. The summed E-state index contributed by atoms with van der Waals surface area (Å²) in [5, 5.41) is 3.78. The van der Waals surface area contributed by atoms with Crippen LogP contribution in [-0.2, 0) is 0 Å². The van der Waals surface area contributed by atoms with E-state index >= 15 is 0 Å². The van der Waals surface area contributed by atoms with Gasteiger partial charge in [0.05, 0.1) is 0 Å². The molecule has 3 heteroatoms. The van der Waals surface area contributed by atoms with Gasteiger partial charge in [-0.3, -0.25) is 0 Å². The van der Waals surface area contributed by atoms with Gasteiger partial charge in [-0.1, -0.05) is 6.42 Å². The first kappa shape index (κ1) is 13.1. The molecule has 0 saturated heterocycles. The summed E-state index contributed by atoms with van der Waals surface area (Å²) in [5.74, 6) is 0.678. The molecular weight excluding hydrogens is 228 g/mol. The molecule has 0 radical (unpaired) electrons. The van der Waals surface area contributed by atoms with Crippen LogP contribution in [0.15, 0.2) is 6.07 Å². The average molecular weight is 252 g/mol. The molecule has 0 spiro atoms. The Balaban J connectivity index is 2.01. The van der Waals surface area contributed by atoms with E-state index in [1.807, 2.05) is 11.3 Å². The van der Waals surface area contributed by atoms with E-state index in [1.54, 1.807) is 0 Å². The Morgan fingerprint density at radius 2 is 2.24 bits per heavy atom. The summed E-state index contributed by atoms with van der Waals surface area (Å²) in [4.78, 5) is 2.86. The summed E-state index contributed by atoms with van der Waals surface area (Å²) in [6.07, 6.45) is 3.91. The highest BCUT2D eigenvalue weighted by Crippen LogP contribution is 2.30. The summed E-state index contributed by atoms with van der Waals surface area (Å²) >= 11 is 1.90. The fourth-order valence-corrected chi connectivity index (χ4v) is 4.05. The van der Waals surface area contributed by atoms with E-state index in [0.29, 0.717) is 18.0 Å². The van der Waals surface area contributed by atoms with Crippen molar-refractivity contribution >= 4 is 11.3 Å². The van der Waals surface area contributed by atoms with Crippen LogP contribution in [0.2, 0.25) is 0 Å². The van der Waals surface area contributed by atoms with E-state index < -0.39 is 0 Å². The van der Waals surface area contributed by atoms with Gasteiger partial charge in [0.15, 0.2) is 0 Å². The fraction of sp³-hybridized carbons (Fsp3) is 0.714. The van der Waals surface area contributed by atoms with Gasteiger partial charge in [-0.15, -0.1) is 11.3 Å². The van der Waals surface area contributed by atoms with E-state index in [9.17, 15) is 0 Å². The second-order valence-corrected chi connectivity index (χ2v) is 6.75. The lowest BCUT2D eigenvalue weighted by Gasteiger charge is -2.24. The predicted molar refractivity (Wildman–Crippen MR) is 75.5 cm³/mol. The molecule has 3 N–H and O–H groups in total. The molecule has 3 unspecified atom stereocenters. The van der Waals surface area contributed by atoms with E-state index in [-0.39, 0.29) is 0 Å². The maximum Gasteiger partial charge on any atom is 0.0305 e. The number of hydrogen-bond donors (Lipinski definition) is 2. The Hall–Kier alpha value is -0.380. The van der Waals surface area contributed by atoms with Crippen molar-refractivity contribution in [1.29, 1.82) is 0 Å². The van der Waals surface area contributed by atoms with Crippen LogP contribution >= 0.6 is 11.3 Å². The minimum atomic E-state index is 0.456. The maximum absolute atomic E-state index is 5.83. The molecule has 2 nitrogen and oxygen atoms in total. The van der Waals surface area contributed by atoms with Gasteiger partial charge in [0.2, 0.25) is 0 Å². The first-order valence-corrected chi connectivity index (χ1v) is 7.46. The van der Waals surface area contributed by atoms with E-state index in [2.05, 4.69) is 32.2 Å². The smallest absolute Gasteiger partial charge is 0.0305 e. The topological polar surface area (TPSA) is 38.0 Å². The van der Waals surface area contributed by atoms with E-state index in [0.717, 1.165) is 6.54 Å². The monoisotopic (exact) mass is 252 g/mol. The van der Waals surface area contributed by atoms with Crippen molar-refractivity contribution in [3.8, 4) is 0 Å². The Morgan fingerprint density at radius 3 is 2.82 bits per heavy atom. The molecule has 0 aliphatic heterocycles. The second-order valence-electron chi connectivity index (χ2n) is 5.29. The maximum atomic E-state index is 5.83. The van der Waals surface area contributed by atoms with Crippen LogP contribution in [0.25, 0.3) is 0 Å². The van der Waals surface area contributed by atoms with Gasteiger partial charge in [-0.25, -0.2) is 0 Å². The van der Waals surface area contributed by atoms with Gasteiger partial charge in [0, 0.05) is 21.8 Å². The fourth-order valence-electron chi connectivity index (χ4n) is 3.03. The normalized spacial score (nSPS) is 26.4. The van der Waals surface area contributed by atoms with Gasteiger partial charge < -0.3 is 11.1 Å². The number of nitrogens with two attached hydrogens (primary N) is 1. The Morgan fingerprint density at radius 1 is 1.47 bits per heavy atom. The summed E-state index contributed by atoms with van der Waals surface area (Å²) in [7, 11) is 0. The first-order chi connectivity index (χ1) is 8.11. The van der Waals surface area contributed by atoms with Crippen molar-refractivity contribution in [2.45, 2.75) is 52.1 Å². The highest BCUT2D eigenvalue weighted by molar-refractivity contribution is 7.12. The van der Waals surface area contributed by atoms with Crippen LogP contribution in [0, 0.1) is 19.8 Å². The molecule has 1 saturated carbocycles. The predicted octanol–water partition coefficient (Wildman–Crippen LogP) is 3.14. The number of nitrogens with one attached hydrogen (secondary N) is 1. The highest BCUT2D eigenvalue weighted by Gasteiger charge is 2.27. The zero-order valence-corrected chi connectivity index (χ0v) is 11.9. The zero-order valence-electron chi connectivity index (χ0n) is 11.1. The van der Waals surface area contributed by atoms with Crippen LogP contribution in [0.5, 0.6) is 0 Å². The average Bonchev–Trinajstić information content (AvgIpc) is 2.84. The Labute approximate surface area is 109 Å². The van der Waals surface area contributed by atoms with Gasteiger partial charge in [0.25, 0.3) is 0 Å². The summed E-state index contributed by atoms with van der Waals surface area (Å²) in [5.41, 5.74) is 7.30. The number of rotatable bonds is 4. The summed E-state index contributed by atoms with van der Waals surface area (Å²) in [6, 6.07) is 3.40. The lowest BCUT2D eigenvalue weighted by Crippen LogP contribution is -2.37. The third-order valence-electron chi connectivity index (χ3n) is 3.97. The molecule has 1 fully saturated rings. The van der Waals surface area contributed by atoms with Crippen molar-refractivity contribution in [1.82, 2.24) is 5.32 Å². The molecule has 1 aromatic heterocycles. The lowest BCUT2D eigenvalue weighted by atomic mass is 10.0. The third-order valence-corrected chi connectivity index (χ3v) is 4.95. The van der Waals surface area contributed by atoms with Crippen molar-refractivity contribution in [3.05, 3.63) is 21.4 Å².